The molecule has 1 N–H and O–H groups in total. The zero-order valence-electron chi connectivity index (χ0n) is 11.9. The van der Waals surface area contributed by atoms with Gasteiger partial charge in [0, 0.05) is 10.0 Å². The molecule has 23 heavy (non-hydrogen) atoms. The summed E-state index contributed by atoms with van der Waals surface area (Å²) in [5, 5.41) is 0.572. The second kappa shape index (κ2) is 5.55. The highest BCUT2D eigenvalue weighted by Crippen LogP contribution is 2.40. The molecular weight excluding hydrogens is 360 g/mol. The summed E-state index contributed by atoms with van der Waals surface area (Å²) in [6.07, 6.45) is 3.58. The van der Waals surface area contributed by atoms with Gasteiger partial charge in [0.1, 0.15) is 5.82 Å². The average molecular weight is 371 g/mol. The lowest BCUT2D eigenvalue weighted by atomic mass is 10.1. The molecule has 2 aromatic carbocycles. The molecule has 1 aromatic heterocycles. The van der Waals surface area contributed by atoms with Gasteiger partial charge in [0.05, 0.1) is 10.9 Å². The molecule has 0 atom stereocenters. The molecule has 5 nitrogen and oxygen atoms in total. The Hall–Kier alpha value is -2.60. The average Bonchev–Trinajstić information content (AvgIpc) is 3.03. The van der Waals surface area contributed by atoms with Gasteiger partial charge >= 0.3 is 0 Å². The van der Waals surface area contributed by atoms with Crippen molar-refractivity contribution in [3.63, 3.8) is 0 Å². The van der Waals surface area contributed by atoms with Gasteiger partial charge in [-0.1, -0.05) is 28.1 Å². The number of halogens is 1. The van der Waals surface area contributed by atoms with E-state index in [4.69, 9.17) is 9.47 Å². The van der Waals surface area contributed by atoms with Crippen LogP contribution in [0.4, 0.5) is 0 Å². The smallest absolute Gasteiger partial charge is 0.259 e. The van der Waals surface area contributed by atoms with Gasteiger partial charge in [-0.2, -0.15) is 0 Å². The van der Waals surface area contributed by atoms with Gasteiger partial charge in [-0.25, -0.2) is 4.98 Å². The number of ether oxygens (including phenoxy) is 2. The molecule has 4 rings (SSSR count). The molecule has 0 bridgehead atoms. The molecule has 2 heterocycles. The standard InChI is InChI=1S/C17H11BrN2O3/c18-12-6-7-14-16(23-9-22-14)10(12)5-8-15-19-13-4-2-1-3-11(13)17(21)20-15/h1-8H,9H2,(H,19,20,21)/b8-5+. The number of fused-ring (bicyclic) bond motifs is 2. The molecule has 0 radical (unpaired) electrons. The zero-order valence-corrected chi connectivity index (χ0v) is 13.5. The third-order valence-electron chi connectivity index (χ3n) is 3.56. The summed E-state index contributed by atoms with van der Waals surface area (Å²) in [4.78, 5) is 19.3. The number of hydrogen-bond acceptors (Lipinski definition) is 4. The van der Waals surface area contributed by atoms with E-state index in [0.29, 0.717) is 28.2 Å². The van der Waals surface area contributed by atoms with E-state index in [0.717, 1.165) is 10.0 Å². The fourth-order valence-corrected chi connectivity index (χ4v) is 2.92. The first-order chi connectivity index (χ1) is 11.2. The number of aromatic nitrogens is 2. The van der Waals surface area contributed by atoms with Gasteiger partial charge < -0.3 is 14.5 Å². The number of benzene rings is 2. The number of H-pyrrole nitrogens is 1. The number of aromatic amines is 1. The SMILES string of the molecule is O=c1[nH]c(/C=C/c2c(Br)ccc3c2OCO3)nc2ccccc12. The largest absolute Gasteiger partial charge is 0.454 e. The van der Waals surface area contributed by atoms with Gasteiger partial charge in [-0.15, -0.1) is 0 Å². The maximum absolute atomic E-state index is 12.1. The lowest BCUT2D eigenvalue weighted by Crippen LogP contribution is -2.09. The van der Waals surface area contributed by atoms with E-state index in [2.05, 4.69) is 25.9 Å². The van der Waals surface area contributed by atoms with Crippen molar-refractivity contribution < 1.29 is 9.47 Å². The lowest BCUT2D eigenvalue weighted by molar-refractivity contribution is 0.173. The molecule has 0 fully saturated rings. The van der Waals surface area contributed by atoms with E-state index in [-0.39, 0.29) is 12.4 Å². The Balaban J connectivity index is 1.78. The molecule has 1 aliphatic heterocycles. The van der Waals surface area contributed by atoms with E-state index < -0.39 is 0 Å². The van der Waals surface area contributed by atoms with Crippen LogP contribution in [0.2, 0.25) is 0 Å². The molecule has 6 heteroatoms. The Labute approximate surface area is 139 Å². The van der Waals surface area contributed by atoms with Crippen LogP contribution in [0.5, 0.6) is 11.5 Å². The van der Waals surface area contributed by atoms with Crippen LogP contribution in [0.1, 0.15) is 11.4 Å². The predicted octanol–water partition coefficient (Wildman–Crippen LogP) is 3.58. The summed E-state index contributed by atoms with van der Waals surface area (Å²) in [6.45, 7) is 0.206. The van der Waals surface area contributed by atoms with Crippen molar-refractivity contribution in [1.29, 1.82) is 0 Å². The van der Waals surface area contributed by atoms with Gasteiger partial charge in [0.15, 0.2) is 11.5 Å². The third-order valence-corrected chi connectivity index (χ3v) is 4.25. The Morgan fingerprint density at radius 1 is 1.13 bits per heavy atom. The normalized spacial score (nSPS) is 13.1. The fourth-order valence-electron chi connectivity index (χ4n) is 2.47. The van der Waals surface area contributed by atoms with Crippen LogP contribution in [-0.4, -0.2) is 16.8 Å². The topological polar surface area (TPSA) is 64.2 Å². The molecule has 0 saturated carbocycles. The first-order valence-corrected chi connectivity index (χ1v) is 7.77. The van der Waals surface area contributed by atoms with Gasteiger partial charge in [-0.05, 0) is 36.4 Å². The summed E-state index contributed by atoms with van der Waals surface area (Å²) in [5.41, 5.74) is 1.34. The number of para-hydroxylation sites is 1. The van der Waals surface area contributed by atoms with Crippen molar-refractivity contribution >= 4 is 39.0 Å². The van der Waals surface area contributed by atoms with Crippen LogP contribution in [0.3, 0.4) is 0 Å². The Kier molecular flexibility index (Phi) is 3.38. The monoisotopic (exact) mass is 370 g/mol. The summed E-state index contributed by atoms with van der Waals surface area (Å²) < 4.78 is 11.7. The molecule has 0 saturated heterocycles. The molecule has 0 amide bonds. The second-order valence-corrected chi connectivity index (χ2v) is 5.85. The molecule has 0 aliphatic carbocycles. The maximum Gasteiger partial charge on any atom is 0.259 e. The van der Waals surface area contributed by atoms with Gasteiger partial charge in [0.2, 0.25) is 6.79 Å². The quantitative estimate of drug-likeness (QED) is 0.748. The van der Waals surface area contributed by atoms with Gasteiger partial charge in [0.25, 0.3) is 5.56 Å². The first-order valence-electron chi connectivity index (χ1n) is 6.97. The molecule has 1 aliphatic rings. The predicted molar refractivity (Wildman–Crippen MR) is 91.6 cm³/mol. The van der Waals surface area contributed by atoms with E-state index in [1.807, 2.05) is 36.4 Å². The van der Waals surface area contributed by atoms with E-state index in [1.54, 1.807) is 12.1 Å². The second-order valence-electron chi connectivity index (χ2n) is 5.00. The lowest BCUT2D eigenvalue weighted by Gasteiger charge is -2.04. The highest BCUT2D eigenvalue weighted by Gasteiger charge is 2.18. The molecule has 114 valence electrons. The van der Waals surface area contributed by atoms with Crippen molar-refractivity contribution in [1.82, 2.24) is 9.97 Å². The number of rotatable bonds is 2. The minimum absolute atomic E-state index is 0.160. The van der Waals surface area contributed by atoms with Crippen LogP contribution in [0, 0.1) is 0 Å². The van der Waals surface area contributed by atoms with Crippen LogP contribution in [-0.2, 0) is 0 Å². The van der Waals surface area contributed by atoms with Crippen LogP contribution >= 0.6 is 15.9 Å². The highest BCUT2D eigenvalue weighted by atomic mass is 79.9. The fraction of sp³-hybridized carbons (Fsp3) is 0.0588. The van der Waals surface area contributed by atoms with Crippen LogP contribution in [0.15, 0.2) is 45.7 Å². The van der Waals surface area contributed by atoms with Crippen molar-refractivity contribution in [3.05, 3.63) is 62.6 Å². The maximum atomic E-state index is 12.1. The Bertz CT molecular complexity index is 995. The molecule has 0 spiro atoms. The van der Waals surface area contributed by atoms with Crippen molar-refractivity contribution in [2.75, 3.05) is 6.79 Å². The van der Waals surface area contributed by atoms with Crippen molar-refractivity contribution in [3.8, 4) is 11.5 Å². The number of nitrogens with zero attached hydrogens (tertiary/aromatic N) is 1. The minimum atomic E-state index is -0.160. The Morgan fingerprint density at radius 3 is 2.91 bits per heavy atom. The molecule has 0 unspecified atom stereocenters. The van der Waals surface area contributed by atoms with Crippen LogP contribution < -0.4 is 15.0 Å². The van der Waals surface area contributed by atoms with Crippen molar-refractivity contribution in [2.24, 2.45) is 0 Å². The van der Waals surface area contributed by atoms with E-state index in [9.17, 15) is 4.79 Å². The Morgan fingerprint density at radius 2 is 2.00 bits per heavy atom. The number of hydrogen-bond donors (Lipinski definition) is 1. The third kappa shape index (κ3) is 2.51. The summed E-state index contributed by atoms with van der Waals surface area (Å²) in [6, 6.07) is 11.0. The summed E-state index contributed by atoms with van der Waals surface area (Å²) in [7, 11) is 0. The van der Waals surface area contributed by atoms with E-state index >= 15 is 0 Å². The van der Waals surface area contributed by atoms with Crippen LogP contribution in [0.25, 0.3) is 23.1 Å². The summed E-state index contributed by atoms with van der Waals surface area (Å²) in [5.74, 6) is 1.86. The van der Waals surface area contributed by atoms with Crippen molar-refractivity contribution in [2.45, 2.75) is 0 Å². The molecular formula is C17H11BrN2O3. The molecule has 3 aromatic rings. The van der Waals surface area contributed by atoms with Gasteiger partial charge in [-0.3, -0.25) is 4.79 Å². The number of nitrogens with one attached hydrogen (secondary N) is 1. The zero-order chi connectivity index (χ0) is 15.8. The first kappa shape index (κ1) is 14.0. The highest BCUT2D eigenvalue weighted by molar-refractivity contribution is 9.10. The minimum Gasteiger partial charge on any atom is -0.454 e. The van der Waals surface area contributed by atoms with E-state index in [1.165, 1.54) is 0 Å². The summed E-state index contributed by atoms with van der Waals surface area (Å²) >= 11 is 3.50.